The molecule has 1 amide bonds. The summed E-state index contributed by atoms with van der Waals surface area (Å²) in [6.45, 7) is 1.88. The van der Waals surface area contributed by atoms with E-state index in [1.54, 1.807) is 42.5 Å². The topological polar surface area (TPSA) is 75.7 Å². The van der Waals surface area contributed by atoms with Crippen LogP contribution in [-0.2, 0) is 21.2 Å². The zero-order valence-electron chi connectivity index (χ0n) is 14.5. The average Bonchev–Trinajstić information content (AvgIpc) is 2.61. The third-order valence-electron chi connectivity index (χ3n) is 3.77. The lowest BCUT2D eigenvalue weighted by molar-refractivity contribution is -0.118. The maximum atomic E-state index is 13.0. The van der Waals surface area contributed by atoms with Crippen molar-refractivity contribution in [3.8, 4) is 5.75 Å². The van der Waals surface area contributed by atoms with Gasteiger partial charge < -0.3 is 10.1 Å². The van der Waals surface area contributed by atoms with Crippen LogP contribution in [0.2, 0.25) is 0 Å². The van der Waals surface area contributed by atoms with E-state index in [1.807, 2.05) is 6.07 Å². The molecule has 2 aromatic carbocycles. The Hall–Kier alpha value is -2.54. The number of methoxy groups -OCH3 is 1. The Bertz CT molecular complexity index is 835. The lowest BCUT2D eigenvalue weighted by Crippen LogP contribution is -2.27. The van der Waals surface area contributed by atoms with Gasteiger partial charge in [-0.25, -0.2) is 8.42 Å². The van der Waals surface area contributed by atoms with Crippen molar-refractivity contribution in [3.05, 3.63) is 54.1 Å². The number of anilines is 1. The first-order valence-corrected chi connectivity index (χ1v) is 9.25. The highest BCUT2D eigenvalue weighted by Gasteiger charge is 2.25. The quantitative estimate of drug-likeness (QED) is 0.819. The van der Waals surface area contributed by atoms with Crippen molar-refractivity contribution in [2.24, 2.45) is 0 Å². The number of sulfonamides is 1. The van der Waals surface area contributed by atoms with Crippen molar-refractivity contribution < 1.29 is 17.9 Å². The van der Waals surface area contributed by atoms with E-state index in [0.717, 1.165) is 5.56 Å². The van der Waals surface area contributed by atoms with Crippen LogP contribution in [0.25, 0.3) is 0 Å². The number of para-hydroxylation sites is 1. The molecule has 0 bridgehead atoms. The van der Waals surface area contributed by atoms with Gasteiger partial charge in [0.15, 0.2) is 0 Å². The van der Waals surface area contributed by atoms with E-state index in [0.29, 0.717) is 18.7 Å². The molecule has 0 aliphatic rings. The third kappa shape index (κ3) is 4.51. The first-order chi connectivity index (χ1) is 11.9. The highest BCUT2D eigenvalue weighted by molar-refractivity contribution is 7.92. The van der Waals surface area contributed by atoms with Crippen molar-refractivity contribution in [3.63, 3.8) is 0 Å². The summed E-state index contributed by atoms with van der Waals surface area (Å²) in [7, 11) is -0.831. The molecule has 0 heterocycles. The van der Waals surface area contributed by atoms with E-state index in [1.165, 1.54) is 25.4 Å². The smallest absolute Gasteiger partial charge is 0.267 e. The average molecular weight is 362 g/mol. The van der Waals surface area contributed by atoms with E-state index in [-0.39, 0.29) is 16.6 Å². The molecule has 0 aliphatic heterocycles. The maximum absolute atomic E-state index is 13.0. The number of hydrogen-bond acceptors (Lipinski definition) is 4. The Morgan fingerprint density at radius 2 is 1.84 bits per heavy atom. The van der Waals surface area contributed by atoms with Crippen LogP contribution in [0, 0.1) is 0 Å². The zero-order chi connectivity index (χ0) is 18.4. The fraction of sp³-hybridized carbons (Fsp3) is 0.278. The minimum Gasteiger partial charge on any atom is -0.495 e. The molecule has 0 aliphatic carbocycles. The van der Waals surface area contributed by atoms with E-state index in [2.05, 4.69) is 5.32 Å². The van der Waals surface area contributed by atoms with Crippen molar-refractivity contribution in [1.82, 2.24) is 5.32 Å². The van der Waals surface area contributed by atoms with Gasteiger partial charge in [-0.05, 0) is 36.2 Å². The predicted octanol–water partition coefficient (Wildman–Crippen LogP) is 2.20. The number of hydrogen-bond donors (Lipinski definition) is 1. The van der Waals surface area contributed by atoms with Crippen molar-refractivity contribution in [2.75, 3.05) is 25.0 Å². The molecule has 0 radical (unpaired) electrons. The SMILES string of the molecule is COc1ccc(CCNC(C)=O)cc1S(=O)(=O)N(C)c1ccccc1. The Morgan fingerprint density at radius 1 is 1.16 bits per heavy atom. The third-order valence-corrected chi connectivity index (χ3v) is 5.58. The summed E-state index contributed by atoms with van der Waals surface area (Å²) >= 11 is 0. The van der Waals surface area contributed by atoms with Gasteiger partial charge in [0.25, 0.3) is 10.0 Å². The molecule has 0 saturated heterocycles. The monoisotopic (exact) mass is 362 g/mol. The fourth-order valence-electron chi connectivity index (χ4n) is 2.39. The van der Waals surface area contributed by atoms with E-state index >= 15 is 0 Å². The van der Waals surface area contributed by atoms with Crippen LogP contribution in [-0.4, -0.2) is 35.0 Å². The molecule has 2 aromatic rings. The molecule has 1 N–H and O–H groups in total. The number of nitrogens with zero attached hydrogens (tertiary/aromatic N) is 1. The summed E-state index contributed by atoms with van der Waals surface area (Å²) < 4.78 is 32.5. The van der Waals surface area contributed by atoms with E-state index in [9.17, 15) is 13.2 Å². The first-order valence-electron chi connectivity index (χ1n) is 7.81. The van der Waals surface area contributed by atoms with Crippen molar-refractivity contribution in [2.45, 2.75) is 18.2 Å². The number of amides is 1. The van der Waals surface area contributed by atoms with Crippen molar-refractivity contribution in [1.29, 1.82) is 0 Å². The lowest BCUT2D eigenvalue weighted by Gasteiger charge is -2.21. The number of ether oxygens (including phenoxy) is 1. The Labute approximate surface area is 148 Å². The molecule has 0 saturated carbocycles. The Kier molecular flexibility index (Phi) is 6.03. The number of carbonyl (C=O) groups is 1. The molecule has 2 rings (SSSR count). The van der Waals surface area contributed by atoms with Gasteiger partial charge in [-0.15, -0.1) is 0 Å². The van der Waals surface area contributed by atoms with Crippen LogP contribution < -0.4 is 14.4 Å². The van der Waals surface area contributed by atoms with Crippen LogP contribution in [0.5, 0.6) is 5.75 Å². The summed E-state index contributed by atoms with van der Waals surface area (Å²) in [5.74, 6) is 0.163. The molecule has 0 fully saturated rings. The molecule has 0 aromatic heterocycles. The zero-order valence-corrected chi connectivity index (χ0v) is 15.3. The highest BCUT2D eigenvalue weighted by atomic mass is 32.2. The largest absolute Gasteiger partial charge is 0.495 e. The summed E-state index contributed by atoms with van der Waals surface area (Å²) in [5.41, 5.74) is 1.36. The van der Waals surface area contributed by atoms with Crippen LogP contribution >= 0.6 is 0 Å². The second-order valence-electron chi connectivity index (χ2n) is 5.53. The van der Waals surface area contributed by atoms with Gasteiger partial charge in [-0.1, -0.05) is 24.3 Å². The second-order valence-corrected chi connectivity index (χ2v) is 7.46. The van der Waals surface area contributed by atoms with Crippen LogP contribution in [0.1, 0.15) is 12.5 Å². The van der Waals surface area contributed by atoms with Gasteiger partial charge in [0.2, 0.25) is 5.91 Å². The maximum Gasteiger partial charge on any atom is 0.267 e. The predicted molar refractivity (Wildman–Crippen MR) is 97.4 cm³/mol. The molecule has 7 heteroatoms. The number of carbonyl (C=O) groups excluding carboxylic acids is 1. The number of nitrogens with one attached hydrogen (secondary N) is 1. The van der Waals surface area contributed by atoms with Gasteiger partial charge in [0.05, 0.1) is 12.8 Å². The lowest BCUT2D eigenvalue weighted by atomic mass is 10.1. The van der Waals surface area contributed by atoms with Gasteiger partial charge >= 0.3 is 0 Å². The summed E-state index contributed by atoms with van der Waals surface area (Å²) in [4.78, 5) is 11.1. The molecule has 134 valence electrons. The van der Waals surface area contributed by atoms with E-state index < -0.39 is 10.0 Å². The highest BCUT2D eigenvalue weighted by Crippen LogP contribution is 2.30. The van der Waals surface area contributed by atoms with E-state index in [4.69, 9.17) is 4.74 Å². The van der Waals surface area contributed by atoms with Crippen molar-refractivity contribution >= 4 is 21.6 Å². The van der Waals surface area contributed by atoms with Gasteiger partial charge in [0, 0.05) is 20.5 Å². The van der Waals surface area contributed by atoms with Gasteiger partial charge in [-0.2, -0.15) is 0 Å². The summed E-state index contributed by atoms with van der Waals surface area (Å²) in [6, 6.07) is 13.9. The van der Waals surface area contributed by atoms with Gasteiger partial charge in [0.1, 0.15) is 10.6 Å². The summed E-state index contributed by atoms with van der Waals surface area (Å²) in [6.07, 6.45) is 0.529. The normalized spacial score (nSPS) is 11.0. The molecule has 0 unspecified atom stereocenters. The van der Waals surface area contributed by atoms with Gasteiger partial charge in [-0.3, -0.25) is 9.10 Å². The Morgan fingerprint density at radius 3 is 2.44 bits per heavy atom. The summed E-state index contributed by atoms with van der Waals surface area (Å²) in [5, 5.41) is 2.70. The molecule has 0 atom stereocenters. The minimum absolute atomic E-state index is 0.0988. The fourth-order valence-corrected chi connectivity index (χ4v) is 3.79. The second kappa shape index (κ2) is 8.02. The molecule has 6 nitrogen and oxygen atoms in total. The van der Waals surface area contributed by atoms with Crippen LogP contribution in [0.3, 0.4) is 0 Å². The van der Waals surface area contributed by atoms with Crippen LogP contribution in [0.4, 0.5) is 5.69 Å². The molecular formula is C18H22N2O4S. The molecule has 0 spiro atoms. The number of rotatable bonds is 7. The standard InChI is InChI=1S/C18H22N2O4S/c1-14(21)19-12-11-15-9-10-17(24-3)18(13-15)25(22,23)20(2)16-7-5-4-6-8-16/h4-10,13H,11-12H2,1-3H3,(H,19,21). The minimum atomic E-state index is -3.78. The first kappa shape index (κ1) is 18.8. The molecular weight excluding hydrogens is 340 g/mol. The van der Waals surface area contributed by atoms with Crippen LogP contribution in [0.15, 0.2) is 53.4 Å². The Balaban J connectivity index is 2.36. The molecule has 25 heavy (non-hydrogen) atoms. The number of benzene rings is 2.